The number of benzene rings is 1. The van der Waals surface area contributed by atoms with Crippen molar-refractivity contribution >= 4 is 17.4 Å². The van der Waals surface area contributed by atoms with Gasteiger partial charge in [-0.1, -0.05) is 18.2 Å². The maximum atomic E-state index is 12.5. The Kier molecular flexibility index (Phi) is 4.31. The highest BCUT2D eigenvalue weighted by molar-refractivity contribution is 5.98. The predicted molar refractivity (Wildman–Crippen MR) is 107 cm³/mol. The van der Waals surface area contributed by atoms with Crippen molar-refractivity contribution < 1.29 is 9.21 Å². The number of aromatic nitrogens is 2. The first-order valence-corrected chi connectivity index (χ1v) is 9.75. The minimum Gasteiger partial charge on any atom is -0.469 e. The third kappa shape index (κ3) is 3.15. The van der Waals surface area contributed by atoms with Crippen molar-refractivity contribution in [3.63, 3.8) is 0 Å². The molecule has 1 fully saturated rings. The second-order valence-corrected chi connectivity index (χ2v) is 7.38. The summed E-state index contributed by atoms with van der Waals surface area (Å²) < 4.78 is 5.53. The average molecular weight is 374 g/mol. The van der Waals surface area contributed by atoms with E-state index in [9.17, 15) is 4.79 Å². The molecule has 2 aliphatic rings. The van der Waals surface area contributed by atoms with E-state index in [2.05, 4.69) is 39.0 Å². The fourth-order valence-corrected chi connectivity index (χ4v) is 4.12. The number of rotatable bonds is 3. The van der Waals surface area contributed by atoms with Gasteiger partial charge < -0.3 is 14.2 Å². The molecule has 1 aliphatic carbocycles. The van der Waals surface area contributed by atoms with E-state index in [0.717, 1.165) is 43.6 Å². The summed E-state index contributed by atoms with van der Waals surface area (Å²) >= 11 is 0. The molecule has 6 heteroatoms. The summed E-state index contributed by atoms with van der Waals surface area (Å²) in [6.07, 6.45) is 4.54. The van der Waals surface area contributed by atoms with Crippen LogP contribution in [0.15, 0.2) is 59.3 Å². The monoisotopic (exact) mass is 374 g/mol. The van der Waals surface area contributed by atoms with Crippen molar-refractivity contribution in [1.82, 2.24) is 9.97 Å². The third-order valence-electron chi connectivity index (χ3n) is 5.66. The highest BCUT2D eigenvalue weighted by Gasteiger charge is 2.30. The zero-order valence-corrected chi connectivity index (χ0v) is 15.6. The van der Waals surface area contributed by atoms with Gasteiger partial charge in [-0.25, -0.2) is 9.97 Å². The normalized spacial score (nSPS) is 19.6. The topological polar surface area (TPSA) is 62.5 Å². The Hall–Kier alpha value is -3.15. The van der Waals surface area contributed by atoms with Crippen molar-refractivity contribution in [3.8, 4) is 0 Å². The standard InChI is InChI=1S/C22H22N4O2/c27-20-14-16(21-7-4-12-28-21)13-19-18(20)15-23-22(24-19)26-10-8-25(9-11-26)17-5-2-1-3-6-17/h1-7,12,15-16H,8-11,13-14H2/t16-/m0/s1. The molecule has 0 N–H and O–H groups in total. The molecular formula is C22H22N4O2. The smallest absolute Gasteiger partial charge is 0.225 e. The van der Waals surface area contributed by atoms with E-state index in [-0.39, 0.29) is 11.7 Å². The molecule has 3 aromatic rings. The van der Waals surface area contributed by atoms with Crippen molar-refractivity contribution in [2.45, 2.75) is 18.8 Å². The van der Waals surface area contributed by atoms with Crippen LogP contribution < -0.4 is 9.80 Å². The van der Waals surface area contributed by atoms with E-state index in [4.69, 9.17) is 9.40 Å². The Morgan fingerprint density at radius 3 is 2.46 bits per heavy atom. The number of anilines is 2. The zero-order valence-electron chi connectivity index (χ0n) is 15.6. The quantitative estimate of drug-likeness (QED) is 0.701. The molecule has 1 aromatic carbocycles. The van der Waals surface area contributed by atoms with Gasteiger partial charge in [0, 0.05) is 56.8 Å². The van der Waals surface area contributed by atoms with E-state index in [0.29, 0.717) is 18.4 Å². The number of carbonyl (C=O) groups is 1. The fourth-order valence-electron chi connectivity index (χ4n) is 4.12. The lowest BCUT2D eigenvalue weighted by molar-refractivity contribution is 0.0958. The third-order valence-corrected chi connectivity index (χ3v) is 5.66. The minimum atomic E-state index is 0.0627. The van der Waals surface area contributed by atoms with Crippen LogP contribution in [0.4, 0.5) is 11.6 Å². The molecule has 0 saturated carbocycles. The van der Waals surface area contributed by atoms with Crippen LogP contribution in [-0.2, 0) is 6.42 Å². The van der Waals surface area contributed by atoms with Gasteiger partial charge in [0.1, 0.15) is 5.76 Å². The minimum absolute atomic E-state index is 0.0627. The van der Waals surface area contributed by atoms with E-state index in [1.165, 1.54) is 5.69 Å². The second kappa shape index (κ2) is 7.11. The Morgan fingerprint density at radius 2 is 1.71 bits per heavy atom. The molecule has 2 aromatic heterocycles. The highest BCUT2D eigenvalue weighted by Crippen LogP contribution is 2.32. The van der Waals surface area contributed by atoms with Gasteiger partial charge in [-0.3, -0.25) is 4.79 Å². The molecular weight excluding hydrogens is 352 g/mol. The van der Waals surface area contributed by atoms with Gasteiger partial charge in [0.15, 0.2) is 5.78 Å². The van der Waals surface area contributed by atoms with Crippen molar-refractivity contribution in [3.05, 3.63) is 71.9 Å². The van der Waals surface area contributed by atoms with Crippen LogP contribution in [-0.4, -0.2) is 41.9 Å². The Bertz CT molecular complexity index is 963. The van der Waals surface area contributed by atoms with Gasteiger partial charge >= 0.3 is 0 Å². The summed E-state index contributed by atoms with van der Waals surface area (Å²) in [5.74, 6) is 1.74. The Labute approximate surface area is 163 Å². The lowest BCUT2D eigenvalue weighted by Gasteiger charge is -2.36. The molecule has 28 heavy (non-hydrogen) atoms. The second-order valence-electron chi connectivity index (χ2n) is 7.38. The molecule has 0 amide bonds. The molecule has 0 unspecified atom stereocenters. The highest BCUT2D eigenvalue weighted by atomic mass is 16.3. The van der Waals surface area contributed by atoms with Crippen LogP contribution >= 0.6 is 0 Å². The van der Waals surface area contributed by atoms with Crippen LogP contribution in [0.3, 0.4) is 0 Å². The van der Waals surface area contributed by atoms with Crippen LogP contribution in [0.25, 0.3) is 0 Å². The van der Waals surface area contributed by atoms with Gasteiger partial charge in [0.2, 0.25) is 5.95 Å². The molecule has 142 valence electrons. The van der Waals surface area contributed by atoms with Gasteiger partial charge in [-0.2, -0.15) is 0 Å². The first-order valence-electron chi connectivity index (χ1n) is 9.75. The number of Topliss-reactive ketones (excluding diaryl/α,β-unsaturated/α-hetero) is 1. The number of nitrogens with zero attached hydrogens (tertiary/aromatic N) is 4. The van der Waals surface area contributed by atoms with E-state index >= 15 is 0 Å². The SMILES string of the molecule is O=C1C[C@@H](c2ccco2)Cc2nc(N3CCN(c4ccccc4)CC3)ncc21. The zero-order chi connectivity index (χ0) is 18.9. The number of hydrogen-bond donors (Lipinski definition) is 0. The fraction of sp³-hybridized carbons (Fsp3) is 0.318. The van der Waals surface area contributed by atoms with Crippen molar-refractivity contribution in [1.29, 1.82) is 0 Å². The lowest BCUT2D eigenvalue weighted by atomic mass is 9.85. The maximum Gasteiger partial charge on any atom is 0.225 e. The number of carbonyl (C=O) groups excluding carboxylic acids is 1. The van der Waals surface area contributed by atoms with E-state index in [1.807, 2.05) is 18.2 Å². The van der Waals surface area contributed by atoms with Crippen LogP contribution in [0.2, 0.25) is 0 Å². The molecule has 0 bridgehead atoms. The molecule has 6 nitrogen and oxygen atoms in total. The molecule has 0 radical (unpaired) electrons. The van der Waals surface area contributed by atoms with E-state index in [1.54, 1.807) is 12.5 Å². The summed E-state index contributed by atoms with van der Waals surface area (Å²) in [6, 6.07) is 14.3. The molecule has 1 atom stereocenters. The molecule has 3 heterocycles. The van der Waals surface area contributed by atoms with Crippen LogP contribution in [0, 0.1) is 0 Å². The average Bonchev–Trinajstić information content (AvgIpc) is 3.29. The number of ketones is 1. The number of furan rings is 1. The number of piperazine rings is 1. The molecule has 5 rings (SSSR count). The first kappa shape index (κ1) is 17.0. The van der Waals surface area contributed by atoms with Gasteiger partial charge in [0.25, 0.3) is 0 Å². The summed E-state index contributed by atoms with van der Waals surface area (Å²) in [5.41, 5.74) is 2.75. The Morgan fingerprint density at radius 1 is 0.929 bits per heavy atom. The van der Waals surface area contributed by atoms with Gasteiger partial charge in [-0.05, 0) is 24.3 Å². The summed E-state index contributed by atoms with van der Waals surface area (Å²) in [6.45, 7) is 3.59. The van der Waals surface area contributed by atoms with E-state index < -0.39 is 0 Å². The number of hydrogen-bond acceptors (Lipinski definition) is 6. The predicted octanol–water partition coefficient (Wildman–Crippen LogP) is 3.31. The lowest BCUT2D eigenvalue weighted by Crippen LogP contribution is -2.47. The van der Waals surface area contributed by atoms with Gasteiger partial charge in [-0.15, -0.1) is 0 Å². The largest absolute Gasteiger partial charge is 0.469 e. The van der Waals surface area contributed by atoms with Crippen molar-refractivity contribution in [2.24, 2.45) is 0 Å². The van der Waals surface area contributed by atoms with Crippen LogP contribution in [0.1, 0.15) is 34.2 Å². The number of fused-ring (bicyclic) bond motifs is 1. The number of para-hydroxylation sites is 1. The summed E-state index contributed by atoms with van der Waals surface area (Å²) in [7, 11) is 0. The molecule has 1 aliphatic heterocycles. The Balaban J connectivity index is 1.33. The van der Waals surface area contributed by atoms with Crippen molar-refractivity contribution in [2.75, 3.05) is 36.0 Å². The molecule has 0 spiro atoms. The molecule has 1 saturated heterocycles. The summed E-state index contributed by atoms with van der Waals surface area (Å²) in [5, 5.41) is 0. The summed E-state index contributed by atoms with van der Waals surface area (Å²) in [4.78, 5) is 26.4. The van der Waals surface area contributed by atoms with Gasteiger partial charge in [0.05, 0.1) is 17.5 Å². The maximum absolute atomic E-state index is 12.5. The van der Waals surface area contributed by atoms with Crippen LogP contribution in [0.5, 0.6) is 0 Å². The first-order chi connectivity index (χ1) is 13.8.